The predicted molar refractivity (Wildman–Crippen MR) is 60.8 cm³/mol. The summed E-state index contributed by atoms with van der Waals surface area (Å²) in [6.45, 7) is 0. The molecule has 7 nitrogen and oxygen atoms in total. The molecule has 1 amide bonds. The Kier molecular flexibility index (Phi) is 4.00. The smallest absolute Gasteiger partial charge is 0.270 e. The SMILES string of the molecule is COc1ccc([N+](=O)[O-])cc1C(=O)NN(C)C. The molecule has 0 atom stereocenters. The summed E-state index contributed by atoms with van der Waals surface area (Å²) in [5.74, 6) is -0.175. The van der Waals surface area contributed by atoms with E-state index in [1.165, 1.54) is 30.3 Å². The first-order valence-corrected chi connectivity index (χ1v) is 4.76. The Morgan fingerprint density at radius 2 is 2.12 bits per heavy atom. The van der Waals surface area contributed by atoms with E-state index in [0.29, 0.717) is 0 Å². The normalized spacial score (nSPS) is 10.1. The van der Waals surface area contributed by atoms with Gasteiger partial charge in [-0.3, -0.25) is 20.3 Å². The van der Waals surface area contributed by atoms with Gasteiger partial charge in [0, 0.05) is 26.2 Å². The van der Waals surface area contributed by atoms with E-state index in [0.717, 1.165) is 0 Å². The van der Waals surface area contributed by atoms with Crippen molar-refractivity contribution in [2.75, 3.05) is 21.2 Å². The predicted octanol–water partition coefficient (Wildman–Crippen LogP) is 0.810. The quantitative estimate of drug-likeness (QED) is 0.620. The van der Waals surface area contributed by atoms with Crippen molar-refractivity contribution in [3.63, 3.8) is 0 Å². The van der Waals surface area contributed by atoms with Crippen LogP contribution >= 0.6 is 0 Å². The summed E-state index contributed by atoms with van der Waals surface area (Å²) >= 11 is 0. The third-order valence-electron chi connectivity index (χ3n) is 1.96. The number of rotatable bonds is 4. The number of carbonyl (C=O) groups excluding carboxylic acids is 1. The molecule has 0 aromatic heterocycles. The molecule has 7 heteroatoms. The summed E-state index contributed by atoms with van der Waals surface area (Å²) in [6, 6.07) is 3.85. The number of hydrogen-bond donors (Lipinski definition) is 1. The Morgan fingerprint density at radius 1 is 1.47 bits per heavy atom. The van der Waals surface area contributed by atoms with Crippen LogP contribution in [-0.2, 0) is 0 Å². The van der Waals surface area contributed by atoms with Crippen molar-refractivity contribution in [1.82, 2.24) is 10.4 Å². The molecule has 0 aliphatic carbocycles. The first-order valence-electron chi connectivity index (χ1n) is 4.76. The summed E-state index contributed by atoms with van der Waals surface area (Å²) in [5, 5.41) is 12.1. The lowest BCUT2D eigenvalue weighted by Gasteiger charge is -2.13. The molecule has 0 bridgehead atoms. The van der Waals surface area contributed by atoms with Crippen LogP contribution in [0.25, 0.3) is 0 Å². The van der Waals surface area contributed by atoms with Gasteiger partial charge in [-0.05, 0) is 6.07 Å². The summed E-state index contributed by atoms with van der Waals surface area (Å²) < 4.78 is 4.98. The van der Waals surface area contributed by atoms with Gasteiger partial charge in [0.1, 0.15) is 5.75 Å². The lowest BCUT2D eigenvalue weighted by molar-refractivity contribution is -0.384. The van der Waals surface area contributed by atoms with Crippen molar-refractivity contribution in [2.45, 2.75) is 0 Å². The minimum Gasteiger partial charge on any atom is -0.496 e. The van der Waals surface area contributed by atoms with E-state index in [1.807, 2.05) is 0 Å². The van der Waals surface area contributed by atoms with Crippen LogP contribution in [0.1, 0.15) is 10.4 Å². The maximum Gasteiger partial charge on any atom is 0.270 e. The van der Waals surface area contributed by atoms with E-state index in [4.69, 9.17) is 4.74 Å². The second-order valence-corrected chi connectivity index (χ2v) is 3.48. The number of ether oxygens (including phenoxy) is 1. The van der Waals surface area contributed by atoms with Crippen molar-refractivity contribution in [2.24, 2.45) is 0 Å². The van der Waals surface area contributed by atoms with Gasteiger partial charge >= 0.3 is 0 Å². The van der Waals surface area contributed by atoms with E-state index < -0.39 is 10.8 Å². The summed E-state index contributed by atoms with van der Waals surface area (Å²) in [4.78, 5) is 21.8. The Morgan fingerprint density at radius 3 is 2.59 bits per heavy atom. The van der Waals surface area contributed by atoms with Crippen LogP contribution in [0.2, 0.25) is 0 Å². The molecular formula is C10H13N3O4. The number of benzene rings is 1. The minimum absolute atomic E-state index is 0.121. The third-order valence-corrected chi connectivity index (χ3v) is 1.96. The summed E-state index contributed by atoms with van der Waals surface area (Å²) in [5.41, 5.74) is 2.45. The van der Waals surface area contributed by atoms with Crippen molar-refractivity contribution in [3.05, 3.63) is 33.9 Å². The molecule has 1 rings (SSSR count). The molecule has 0 aliphatic rings. The molecule has 0 heterocycles. The van der Waals surface area contributed by atoms with E-state index in [9.17, 15) is 14.9 Å². The zero-order valence-electron chi connectivity index (χ0n) is 9.76. The molecule has 0 saturated heterocycles. The van der Waals surface area contributed by atoms with Crippen molar-refractivity contribution in [3.8, 4) is 5.75 Å². The first kappa shape index (κ1) is 12.9. The van der Waals surface area contributed by atoms with Crippen LogP contribution in [-0.4, -0.2) is 37.0 Å². The van der Waals surface area contributed by atoms with E-state index in [1.54, 1.807) is 14.1 Å². The summed E-state index contributed by atoms with van der Waals surface area (Å²) in [6.07, 6.45) is 0. The highest BCUT2D eigenvalue weighted by atomic mass is 16.6. The number of hydrazine groups is 1. The Balaban J connectivity index is 3.14. The molecule has 0 saturated carbocycles. The number of nitrogens with one attached hydrogen (secondary N) is 1. The van der Waals surface area contributed by atoms with Gasteiger partial charge in [0.15, 0.2) is 0 Å². The van der Waals surface area contributed by atoms with Gasteiger partial charge in [-0.2, -0.15) is 0 Å². The molecule has 0 fully saturated rings. The number of methoxy groups -OCH3 is 1. The second kappa shape index (κ2) is 5.26. The number of nitrogens with zero attached hydrogens (tertiary/aromatic N) is 2. The van der Waals surface area contributed by atoms with Crippen molar-refractivity contribution < 1.29 is 14.5 Å². The van der Waals surface area contributed by atoms with Crippen molar-refractivity contribution >= 4 is 11.6 Å². The second-order valence-electron chi connectivity index (χ2n) is 3.48. The fourth-order valence-corrected chi connectivity index (χ4v) is 1.25. The molecule has 1 aromatic rings. The molecular weight excluding hydrogens is 226 g/mol. The average molecular weight is 239 g/mol. The van der Waals surface area contributed by atoms with Gasteiger partial charge in [-0.1, -0.05) is 0 Å². The average Bonchev–Trinajstić information content (AvgIpc) is 2.27. The van der Waals surface area contributed by atoms with Crippen LogP contribution in [0.4, 0.5) is 5.69 Å². The number of nitro benzene ring substituents is 1. The highest BCUT2D eigenvalue weighted by molar-refractivity contribution is 5.97. The van der Waals surface area contributed by atoms with Gasteiger partial charge in [0.25, 0.3) is 11.6 Å². The number of carbonyl (C=O) groups is 1. The Labute approximate surface area is 98.1 Å². The largest absolute Gasteiger partial charge is 0.496 e. The molecule has 1 aromatic carbocycles. The number of hydrogen-bond acceptors (Lipinski definition) is 5. The minimum atomic E-state index is -0.564. The maximum atomic E-state index is 11.8. The molecule has 92 valence electrons. The van der Waals surface area contributed by atoms with E-state index in [-0.39, 0.29) is 17.0 Å². The summed E-state index contributed by atoms with van der Waals surface area (Å²) in [7, 11) is 4.68. The van der Waals surface area contributed by atoms with Gasteiger partial charge in [-0.25, -0.2) is 5.01 Å². The lowest BCUT2D eigenvalue weighted by Crippen LogP contribution is -2.36. The van der Waals surface area contributed by atoms with Crippen LogP contribution in [0, 0.1) is 10.1 Å². The number of amides is 1. The third kappa shape index (κ3) is 3.15. The molecule has 1 N–H and O–H groups in total. The highest BCUT2D eigenvalue weighted by Gasteiger charge is 2.17. The van der Waals surface area contributed by atoms with Crippen LogP contribution in [0.3, 0.4) is 0 Å². The molecule has 17 heavy (non-hydrogen) atoms. The lowest BCUT2D eigenvalue weighted by atomic mass is 10.1. The highest BCUT2D eigenvalue weighted by Crippen LogP contribution is 2.23. The molecule has 0 radical (unpaired) electrons. The molecule has 0 spiro atoms. The van der Waals surface area contributed by atoms with Gasteiger partial charge in [0.2, 0.25) is 0 Å². The van der Waals surface area contributed by atoms with Gasteiger partial charge < -0.3 is 4.74 Å². The van der Waals surface area contributed by atoms with E-state index >= 15 is 0 Å². The monoisotopic (exact) mass is 239 g/mol. The first-order chi connectivity index (χ1) is 7.95. The standard InChI is InChI=1S/C10H13N3O4/c1-12(2)11-10(14)8-6-7(13(15)16)4-5-9(8)17-3/h4-6H,1-3H3,(H,11,14). The molecule has 0 aliphatic heterocycles. The fourth-order valence-electron chi connectivity index (χ4n) is 1.25. The Hall–Kier alpha value is -2.15. The van der Waals surface area contributed by atoms with Gasteiger partial charge in [0.05, 0.1) is 17.6 Å². The van der Waals surface area contributed by atoms with Crippen molar-refractivity contribution in [1.29, 1.82) is 0 Å². The molecule has 0 unspecified atom stereocenters. The van der Waals surface area contributed by atoms with Gasteiger partial charge in [-0.15, -0.1) is 0 Å². The zero-order valence-corrected chi connectivity index (χ0v) is 9.76. The van der Waals surface area contributed by atoms with Crippen LogP contribution in [0.5, 0.6) is 5.75 Å². The van der Waals surface area contributed by atoms with Crippen LogP contribution in [0.15, 0.2) is 18.2 Å². The maximum absolute atomic E-state index is 11.8. The fraction of sp³-hybridized carbons (Fsp3) is 0.300. The Bertz CT molecular complexity index is 445. The number of nitro groups is 1. The van der Waals surface area contributed by atoms with E-state index in [2.05, 4.69) is 5.43 Å². The zero-order chi connectivity index (χ0) is 13.0. The van der Waals surface area contributed by atoms with Crippen LogP contribution < -0.4 is 10.2 Å². The topological polar surface area (TPSA) is 84.7 Å². The number of non-ortho nitro benzene ring substituents is 1.